The molecule has 3 aromatic rings. The Labute approximate surface area is 123 Å². The highest BCUT2D eigenvalue weighted by Crippen LogP contribution is 2.31. The Morgan fingerprint density at radius 2 is 1.95 bits per heavy atom. The number of benzene rings is 2. The third-order valence-corrected chi connectivity index (χ3v) is 3.47. The quantitative estimate of drug-likeness (QED) is 0.714. The first-order valence-corrected chi connectivity index (χ1v) is 6.74. The van der Waals surface area contributed by atoms with Crippen LogP contribution >= 0.6 is 0 Å². The van der Waals surface area contributed by atoms with Gasteiger partial charge in [0.05, 0.1) is 7.11 Å². The van der Waals surface area contributed by atoms with Crippen molar-refractivity contribution in [1.29, 1.82) is 0 Å². The Hall–Kier alpha value is -2.75. The largest absolute Gasteiger partial charge is 0.497 e. The van der Waals surface area contributed by atoms with Crippen LogP contribution in [0.2, 0.25) is 0 Å². The summed E-state index contributed by atoms with van der Waals surface area (Å²) in [7, 11) is 1.65. The highest BCUT2D eigenvalue weighted by molar-refractivity contribution is 6.02. The van der Waals surface area contributed by atoms with Gasteiger partial charge in [0.15, 0.2) is 0 Å². The average Bonchev–Trinajstić information content (AvgIpc) is 2.50. The lowest BCUT2D eigenvalue weighted by molar-refractivity contribution is 0.415. The van der Waals surface area contributed by atoms with Crippen LogP contribution in [0.25, 0.3) is 10.8 Å². The molecule has 4 nitrogen and oxygen atoms in total. The summed E-state index contributed by atoms with van der Waals surface area (Å²) in [6.07, 6.45) is 1.83. The van der Waals surface area contributed by atoms with Crippen LogP contribution in [0, 0.1) is 6.92 Å². The summed E-state index contributed by atoms with van der Waals surface area (Å²) >= 11 is 0. The van der Waals surface area contributed by atoms with Gasteiger partial charge in [-0.3, -0.25) is 0 Å². The van der Waals surface area contributed by atoms with Gasteiger partial charge < -0.3 is 15.8 Å². The van der Waals surface area contributed by atoms with Gasteiger partial charge in [0.25, 0.3) is 0 Å². The van der Waals surface area contributed by atoms with Crippen molar-refractivity contribution in [2.45, 2.75) is 6.92 Å². The highest BCUT2D eigenvalue weighted by Gasteiger charge is 2.08. The molecule has 0 fully saturated rings. The van der Waals surface area contributed by atoms with E-state index in [1.807, 2.05) is 55.6 Å². The van der Waals surface area contributed by atoms with E-state index in [1.54, 1.807) is 7.11 Å². The summed E-state index contributed by atoms with van der Waals surface area (Å²) in [6.45, 7) is 2.01. The van der Waals surface area contributed by atoms with Crippen LogP contribution < -0.4 is 15.8 Å². The van der Waals surface area contributed by atoms with Crippen molar-refractivity contribution in [3.8, 4) is 5.75 Å². The Kier molecular flexibility index (Phi) is 3.36. The zero-order valence-corrected chi connectivity index (χ0v) is 12.1. The van der Waals surface area contributed by atoms with Crippen LogP contribution in [0.1, 0.15) is 5.56 Å². The minimum atomic E-state index is 0.765. The highest BCUT2D eigenvalue weighted by atomic mass is 16.5. The number of ether oxygens (including phenoxy) is 1. The first kappa shape index (κ1) is 13.2. The molecule has 0 bridgehead atoms. The number of anilines is 3. The van der Waals surface area contributed by atoms with Crippen LogP contribution in [-0.2, 0) is 0 Å². The van der Waals surface area contributed by atoms with Crippen LogP contribution in [0.5, 0.6) is 5.75 Å². The molecule has 1 aromatic heterocycles. The number of hydrogen-bond acceptors (Lipinski definition) is 4. The van der Waals surface area contributed by atoms with E-state index in [1.165, 1.54) is 0 Å². The number of methoxy groups -OCH3 is 1. The number of aryl methyl sites for hydroxylation is 1. The Morgan fingerprint density at radius 3 is 2.76 bits per heavy atom. The predicted molar refractivity (Wildman–Crippen MR) is 87.2 cm³/mol. The summed E-state index contributed by atoms with van der Waals surface area (Å²) in [4.78, 5) is 4.49. The first-order valence-electron chi connectivity index (χ1n) is 6.74. The molecule has 0 spiro atoms. The molecule has 0 saturated heterocycles. The van der Waals surface area contributed by atoms with Crippen LogP contribution in [-0.4, -0.2) is 12.1 Å². The number of nitrogens with one attached hydrogen (secondary N) is 1. The van der Waals surface area contributed by atoms with E-state index in [-0.39, 0.29) is 0 Å². The van der Waals surface area contributed by atoms with Gasteiger partial charge in [-0.25, -0.2) is 4.98 Å². The van der Waals surface area contributed by atoms with Gasteiger partial charge in [0.1, 0.15) is 11.6 Å². The molecule has 0 aliphatic rings. The molecular formula is C17H17N3O. The van der Waals surface area contributed by atoms with Crippen molar-refractivity contribution in [3.63, 3.8) is 0 Å². The molecule has 21 heavy (non-hydrogen) atoms. The van der Waals surface area contributed by atoms with Crippen LogP contribution in [0.3, 0.4) is 0 Å². The van der Waals surface area contributed by atoms with Gasteiger partial charge in [-0.05, 0) is 30.7 Å². The Balaban J connectivity index is 2.09. The van der Waals surface area contributed by atoms with Gasteiger partial charge in [-0.15, -0.1) is 0 Å². The fourth-order valence-corrected chi connectivity index (χ4v) is 2.44. The standard InChI is InChI=1S/C17H17N3O/c1-11-10-19-17(14-7-4-8-15(18)16(11)14)20-12-5-3-6-13(9-12)21-2/h3-10H,18H2,1-2H3,(H,19,20). The lowest BCUT2D eigenvalue weighted by Gasteiger charge is -2.12. The second kappa shape index (κ2) is 5.32. The molecule has 1 heterocycles. The van der Waals surface area contributed by atoms with Gasteiger partial charge in [0.2, 0.25) is 0 Å². The predicted octanol–water partition coefficient (Wildman–Crippen LogP) is 3.88. The molecular weight excluding hydrogens is 262 g/mol. The lowest BCUT2D eigenvalue weighted by atomic mass is 10.1. The molecule has 0 unspecified atom stereocenters. The smallest absolute Gasteiger partial charge is 0.138 e. The summed E-state index contributed by atoms with van der Waals surface area (Å²) < 4.78 is 5.24. The zero-order valence-electron chi connectivity index (χ0n) is 12.1. The maximum Gasteiger partial charge on any atom is 0.138 e. The van der Waals surface area contributed by atoms with Crippen LogP contribution in [0.4, 0.5) is 17.2 Å². The van der Waals surface area contributed by atoms with E-state index in [0.717, 1.165) is 39.3 Å². The number of nitrogen functional groups attached to an aromatic ring is 1. The van der Waals surface area contributed by atoms with E-state index < -0.39 is 0 Å². The SMILES string of the molecule is COc1cccc(Nc2ncc(C)c3c(N)cccc23)c1. The molecule has 4 heteroatoms. The number of hydrogen-bond donors (Lipinski definition) is 2. The van der Waals surface area contributed by atoms with Gasteiger partial charge >= 0.3 is 0 Å². The van der Waals surface area contributed by atoms with E-state index in [2.05, 4.69) is 10.3 Å². The summed E-state index contributed by atoms with van der Waals surface area (Å²) in [5.74, 6) is 1.59. The Morgan fingerprint density at radius 1 is 1.14 bits per heavy atom. The van der Waals surface area contributed by atoms with E-state index >= 15 is 0 Å². The normalized spacial score (nSPS) is 10.6. The molecule has 106 valence electrons. The number of rotatable bonds is 3. The summed E-state index contributed by atoms with van der Waals surface area (Å²) in [5, 5.41) is 5.38. The number of nitrogens with two attached hydrogens (primary N) is 1. The van der Waals surface area contributed by atoms with E-state index in [9.17, 15) is 0 Å². The van der Waals surface area contributed by atoms with Gasteiger partial charge in [-0.2, -0.15) is 0 Å². The molecule has 2 aromatic carbocycles. The molecule has 0 saturated carbocycles. The van der Waals surface area contributed by atoms with Crippen molar-refractivity contribution >= 4 is 28.0 Å². The monoisotopic (exact) mass is 279 g/mol. The third kappa shape index (κ3) is 2.48. The second-order valence-electron chi connectivity index (χ2n) is 4.92. The topological polar surface area (TPSA) is 60.2 Å². The Bertz CT molecular complexity index is 791. The van der Waals surface area contributed by atoms with Crippen molar-refractivity contribution in [3.05, 3.63) is 54.2 Å². The van der Waals surface area contributed by atoms with Crippen LogP contribution in [0.15, 0.2) is 48.7 Å². The molecule has 0 aliphatic heterocycles. The molecule has 3 rings (SSSR count). The number of fused-ring (bicyclic) bond motifs is 1. The second-order valence-corrected chi connectivity index (χ2v) is 4.92. The number of pyridine rings is 1. The van der Waals surface area contributed by atoms with Crippen molar-refractivity contribution in [2.24, 2.45) is 0 Å². The first-order chi connectivity index (χ1) is 10.2. The number of nitrogens with zero attached hydrogens (tertiary/aromatic N) is 1. The molecule has 0 aliphatic carbocycles. The molecule has 3 N–H and O–H groups in total. The lowest BCUT2D eigenvalue weighted by Crippen LogP contribution is -1.98. The summed E-state index contributed by atoms with van der Waals surface area (Å²) in [5.41, 5.74) is 8.85. The third-order valence-electron chi connectivity index (χ3n) is 3.47. The molecule has 0 amide bonds. The molecule has 0 radical (unpaired) electrons. The van der Waals surface area contributed by atoms with Gasteiger partial charge in [0, 0.05) is 34.4 Å². The van der Waals surface area contributed by atoms with Crippen molar-refractivity contribution in [1.82, 2.24) is 4.98 Å². The van der Waals surface area contributed by atoms with E-state index in [0.29, 0.717) is 0 Å². The van der Waals surface area contributed by atoms with Gasteiger partial charge in [-0.1, -0.05) is 18.2 Å². The minimum absolute atomic E-state index is 0.765. The van der Waals surface area contributed by atoms with Crippen molar-refractivity contribution in [2.75, 3.05) is 18.2 Å². The summed E-state index contributed by atoms with van der Waals surface area (Å²) in [6, 6.07) is 13.6. The fraction of sp³-hybridized carbons (Fsp3) is 0.118. The molecule has 0 atom stereocenters. The minimum Gasteiger partial charge on any atom is -0.497 e. The maximum absolute atomic E-state index is 6.09. The average molecular weight is 279 g/mol. The zero-order chi connectivity index (χ0) is 14.8. The maximum atomic E-state index is 6.09. The fourth-order valence-electron chi connectivity index (χ4n) is 2.44. The van der Waals surface area contributed by atoms with Crippen molar-refractivity contribution < 1.29 is 4.74 Å². The number of aromatic nitrogens is 1. The van der Waals surface area contributed by atoms with E-state index in [4.69, 9.17) is 10.5 Å².